The normalized spacial score (nSPS) is 22.5. The number of piperidine rings is 1. The zero-order valence-corrected chi connectivity index (χ0v) is 13.1. The summed E-state index contributed by atoms with van der Waals surface area (Å²) in [5, 5.41) is 5.61. The first-order chi connectivity index (χ1) is 9.61. The van der Waals surface area contributed by atoms with Crippen molar-refractivity contribution < 1.29 is 14.4 Å². The smallest absolute Gasteiger partial charge is 0.242 e. The molecule has 3 amide bonds. The second kappa shape index (κ2) is 8.19. The number of hydrogen-bond donors (Lipinski definition) is 2. The highest BCUT2D eigenvalue weighted by Gasteiger charge is 2.29. The quantitative estimate of drug-likeness (QED) is 0.687. The van der Waals surface area contributed by atoms with E-state index in [1.165, 1.54) is 0 Å². The summed E-state index contributed by atoms with van der Waals surface area (Å²) < 4.78 is 0. The van der Waals surface area contributed by atoms with Crippen molar-refractivity contribution in [2.75, 3.05) is 46.3 Å². The number of amides is 3. The molecule has 2 aliphatic rings. The third kappa shape index (κ3) is 4.57. The summed E-state index contributed by atoms with van der Waals surface area (Å²) in [7, 11) is 1.61. The van der Waals surface area contributed by atoms with Crippen LogP contribution in [0.15, 0.2) is 0 Å². The van der Waals surface area contributed by atoms with E-state index < -0.39 is 0 Å². The zero-order valence-electron chi connectivity index (χ0n) is 12.3. The van der Waals surface area contributed by atoms with Gasteiger partial charge in [0.2, 0.25) is 17.7 Å². The molecule has 2 saturated heterocycles. The summed E-state index contributed by atoms with van der Waals surface area (Å²) in [5.41, 5.74) is 0. The highest BCUT2D eigenvalue weighted by Crippen LogP contribution is 2.17. The predicted octanol–water partition coefficient (Wildman–Crippen LogP) is -1.18. The van der Waals surface area contributed by atoms with Crippen LogP contribution in [0.5, 0.6) is 0 Å². The first-order valence-electron chi connectivity index (χ1n) is 7.09. The van der Waals surface area contributed by atoms with Gasteiger partial charge in [-0.3, -0.25) is 14.4 Å². The molecule has 0 spiro atoms. The molecule has 1 unspecified atom stereocenters. The Morgan fingerprint density at radius 2 is 2.14 bits per heavy atom. The molecule has 120 valence electrons. The fourth-order valence-corrected chi connectivity index (χ4v) is 2.70. The molecule has 0 saturated carbocycles. The van der Waals surface area contributed by atoms with E-state index in [-0.39, 0.29) is 42.6 Å². The van der Waals surface area contributed by atoms with Crippen molar-refractivity contribution in [2.45, 2.75) is 12.8 Å². The molecular weight excluding hydrogens is 296 g/mol. The third-order valence-corrected chi connectivity index (χ3v) is 3.90. The van der Waals surface area contributed by atoms with E-state index >= 15 is 0 Å². The summed E-state index contributed by atoms with van der Waals surface area (Å²) >= 11 is 0. The lowest BCUT2D eigenvalue weighted by molar-refractivity contribution is -0.143. The van der Waals surface area contributed by atoms with Crippen LogP contribution in [-0.4, -0.2) is 73.8 Å². The second-order valence-corrected chi connectivity index (χ2v) is 5.29. The number of carbonyl (C=O) groups excluding carboxylic acids is 3. The molecule has 0 aromatic heterocycles. The lowest BCUT2D eigenvalue weighted by atomic mass is 9.97. The molecule has 2 heterocycles. The molecule has 2 aliphatic heterocycles. The number of rotatable bonds is 3. The maximum absolute atomic E-state index is 12.2. The van der Waals surface area contributed by atoms with Crippen molar-refractivity contribution in [1.82, 2.24) is 20.4 Å². The van der Waals surface area contributed by atoms with Crippen molar-refractivity contribution in [1.29, 1.82) is 0 Å². The highest BCUT2D eigenvalue weighted by molar-refractivity contribution is 5.87. The largest absolute Gasteiger partial charge is 0.359 e. The Bertz CT molecular complexity index is 405. The molecule has 2 N–H and O–H groups in total. The Morgan fingerprint density at radius 3 is 2.81 bits per heavy atom. The van der Waals surface area contributed by atoms with Crippen molar-refractivity contribution >= 4 is 30.1 Å². The van der Waals surface area contributed by atoms with Gasteiger partial charge in [0.05, 0.1) is 19.0 Å². The first-order valence-corrected chi connectivity index (χ1v) is 7.09. The maximum atomic E-state index is 12.2. The topological polar surface area (TPSA) is 81.8 Å². The molecule has 8 heteroatoms. The van der Waals surface area contributed by atoms with E-state index in [1.54, 1.807) is 16.8 Å². The molecule has 2 fully saturated rings. The Hall–Kier alpha value is -1.34. The predicted molar refractivity (Wildman–Crippen MR) is 80.1 cm³/mol. The third-order valence-electron chi connectivity index (χ3n) is 3.90. The fourth-order valence-electron chi connectivity index (χ4n) is 2.70. The molecule has 0 aromatic carbocycles. The average Bonchev–Trinajstić information content (AvgIpc) is 2.49. The minimum Gasteiger partial charge on any atom is -0.359 e. The monoisotopic (exact) mass is 318 g/mol. The fraction of sp³-hybridized carbons (Fsp3) is 0.769. The van der Waals surface area contributed by atoms with Gasteiger partial charge in [-0.25, -0.2) is 0 Å². The highest BCUT2D eigenvalue weighted by atomic mass is 35.5. The molecule has 0 aliphatic carbocycles. The van der Waals surface area contributed by atoms with Gasteiger partial charge < -0.3 is 20.4 Å². The van der Waals surface area contributed by atoms with Crippen LogP contribution in [0, 0.1) is 5.92 Å². The first kappa shape index (κ1) is 17.7. The van der Waals surface area contributed by atoms with Gasteiger partial charge in [0, 0.05) is 33.2 Å². The van der Waals surface area contributed by atoms with Crippen LogP contribution in [0.3, 0.4) is 0 Å². The van der Waals surface area contributed by atoms with E-state index in [0.717, 1.165) is 19.4 Å². The van der Waals surface area contributed by atoms with Crippen molar-refractivity contribution in [3.63, 3.8) is 0 Å². The van der Waals surface area contributed by atoms with Crippen LogP contribution in [0.2, 0.25) is 0 Å². The van der Waals surface area contributed by atoms with Gasteiger partial charge >= 0.3 is 0 Å². The summed E-state index contributed by atoms with van der Waals surface area (Å²) in [5.74, 6) is -0.240. The van der Waals surface area contributed by atoms with E-state index in [4.69, 9.17) is 0 Å². The average molecular weight is 319 g/mol. The number of carbonyl (C=O) groups is 3. The number of nitrogens with one attached hydrogen (secondary N) is 2. The number of nitrogens with zero attached hydrogens (tertiary/aromatic N) is 2. The van der Waals surface area contributed by atoms with Crippen LogP contribution >= 0.6 is 12.4 Å². The maximum Gasteiger partial charge on any atom is 0.242 e. The summed E-state index contributed by atoms with van der Waals surface area (Å²) in [6.45, 7) is 2.84. The van der Waals surface area contributed by atoms with Crippen molar-refractivity contribution in [3.8, 4) is 0 Å². The van der Waals surface area contributed by atoms with Crippen LogP contribution in [0.25, 0.3) is 0 Å². The lowest BCUT2D eigenvalue weighted by Crippen LogP contribution is -2.53. The molecular formula is C13H23ClN4O3. The summed E-state index contributed by atoms with van der Waals surface area (Å²) in [4.78, 5) is 38.9. The van der Waals surface area contributed by atoms with Crippen LogP contribution in [-0.2, 0) is 14.4 Å². The van der Waals surface area contributed by atoms with Crippen LogP contribution in [0.4, 0.5) is 0 Å². The molecule has 7 nitrogen and oxygen atoms in total. The Kier molecular flexibility index (Phi) is 6.91. The molecule has 21 heavy (non-hydrogen) atoms. The Balaban J connectivity index is 0.00000220. The van der Waals surface area contributed by atoms with Gasteiger partial charge in [0.1, 0.15) is 0 Å². The van der Waals surface area contributed by atoms with E-state index in [1.807, 2.05) is 0 Å². The van der Waals surface area contributed by atoms with Gasteiger partial charge in [0.25, 0.3) is 0 Å². The van der Waals surface area contributed by atoms with Gasteiger partial charge in [-0.05, 0) is 12.8 Å². The van der Waals surface area contributed by atoms with E-state index in [0.29, 0.717) is 26.2 Å². The number of piperazine rings is 1. The molecule has 0 radical (unpaired) electrons. The van der Waals surface area contributed by atoms with Gasteiger partial charge in [-0.15, -0.1) is 12.4 Å². The second-order valence-electron chi connectivity index (χ2n) is 5.29. The standard InChI is InChI=1S/C13H22N4O3.ClH/c1-14-13(20)10-3-2-5-16(8-10)12(19)9-17-6-4-15-7-11(17)18;/h10,15H,2-9H2,1H3,(H,14,20);1H. The van der Waals surface area contributed by atoms with E-state index in [9.17, 15) is 14.4 Å². The molecule has 0 bridgehead atoms. The summed E-state index contributed by atoms with van der Waals surface area (Å²) in [6.07, 6.45) is 1.65. The number of likely N-dealkylation sites (tertiary alicyclic amines) is 1. The van der Waals surface area contributed by atoms with E-state index in [2.05, 4.69) is 10.6 Å². The Labute approximate surface area is 130 Å². The van der Waals surface area contributed by atoms with Crippen LogP contribution in [0.1, 0.15) is 12.8 Å². The Morgan fingerprint density at radius 1 is 1.38 bits per heavy atom. The molecule has 0 aromatic rings. The van der Waals surface area contributed by atoms with Gasteiger partial charge in [0.15, 0.2) is 0 Å². The van der Waals surface area contributed by atoms with Crippen LogP contribution < -0.4 is 10.6 Å². The van der Waals surface area contributed by atoms with Gasteiger partial charge in [-0.2, -0.15) is 0 Å². The number of hydrogen-bond acceptors (Lipinski definition) is 4. The molecule has 1 atom stereocenters. The van der Waals surface area contributed by atoms with Crippen molar-refractivity contribution in [2.24, 2.45) is 5.92 Å². The molecule has 2 rings (SSSR count). The number of halogens is 1. The zero-order chi connectivity index (χ0) is 14.5. The minimum atomic E-state index is -0.128. The van der Waals surface area contributed by atoms with Gasteiger partial charge in [-0.1, -0.05) is 0 Å². The summed E-state index contributed by atoms with van der Waals surface area (Å²) in [6, 6.07) is 0. The minimum absolute atomic E-state index is 0. The van der Waals surface area contributed by atoms with Crippen molar-refractivity contribution in [3.05, 3.63) is 0 Å². The SMILES string of the molecule is CNC(=O)C1CCCN(C(=O)CN2CCNCC2=O)C1.Cl. The lowest BCUT2D eigenvalue weighted by Gasteiger charge is -2.34.